The summed E-state index contributed by atoms with van der Waals surface area (Å²) in [6.45, 7) is 1.87. The molecule has 0 radical (unpaired) electrons. The third kappa shape index (κ3) is 2.40. The number of aryl methyl sites for hydroxylation is 1. The van der Waals surface area contributed by atoms with Gasteiger partial charge in [0, 0.05) is 12.1 Å². The molecule has 76 valence electrons. The monoisotopic (exact) mass is 231 g/mol. The van der Waals surface area contributed by atoms with E-state index in [1.54, 1.807) is 25.2 Å². The summed E-state index contributed by atoms with van der Waals surface area (Å²) < 4.78 is 0. The zero-order valence-electron chi connectivity index (χ0n) is 7.97. The van der Waals surface area contributed by atoms with Crippen LogP contribution in [0.15, 0.2) is 18.2 Å². The number of benzene rings is 1. The van der Waals surface area contributed by atoms with Crippen LogP contribution in [0.2, 0.25) is 5.02 Å². The molecule has 1 aromatic rings. The molecular weight excluding hydrogens is 221 g/mol. The number of rotatable bonds is 2. The van der Waals surface area contributed by atoms with Crippen LogP contribution < -0.4 is 5.32 Å². The van der Waals surface area contributed by atoms with E-state index in [1.165, 1.54) is 0 Å². The van der Waals surface area contributed by atoms with E-state index >= 15 is 0 Å². The van der Waals surface area contributed by atoms with Gasteiger partial charge in [0.15, 0.2) is 0 Å². The Morgan fingerprint density at radius 3 is 2.64 bits per heavy atom. The van der Waals surface area contributed by atoms with E-state index in [4.69, 9.17) is 23.2 Å². The van der Waals surface area contributed by atoms with Gasteiger partial charge in [-0.1, -0.05) is 17.7 Å². The molecule has 1 N–H and O–H groups in total. The number of halogens is 2. The van der Waals surface area contributed by atoms with Crippen molar-refractivity contribution >= 4 is 29.1 Å². The minimum absolute atomic E-state index is 0.211. The molecule has 0 bridgehead atoms. The number of likely N-dealkylation sites (N-methyl/N-ethyl adjacent to an activating group) is 1. The van der Waals surface area contributed by atoms with Crippen LogP contribution in [0.3, 0.4) is 0 Å². The van der Waals surface area contributed by atoms with Crippen molar-refractivity contribution in [3.05, 3.63) is 34.3 Å². The molecule has 0 fully saturated rings. The van der Waals surface area contributed by atoms with Crippen LogP contribution in [0, 0.1) is 6.92 Å². The van der Waals surface area contributed by atoms with Gasteiger partial charge in [0.1, 0.15) is 5.38 Å². The van der Waals surface area contributed by atoms with Crippen molar-refractivity contribution in [1.82, 2.24) is 5.32 Å². The summed E-state index contributed by atoms with van der Waals surface area (Å²) in [5, 5.41) is 2.49. The Balaban J connectivity index is 3.01. The summed E-state index contributed by atoms with van der Waals surface area (Å²) in [5.74, 6) is -0.211. The van der Waals surface area contributed by atoms with Gasteiger partial charge in [-0.3, -0.25) is 4.79 Å². The number of alkyl halides is 1. The molecular formula is C10H11Cl2NO. The normalized spacial score (nSPS) is 12.3. The maximum atomic E-state index is 11.3. The van der Waals surface area contributed by atoms with Crippen molar-refractivity contribution in [3.8, 4) is 0 Å². The summed E-state index contributed by atoms with van der Waals surface area (Å²) in [5.41, 5.74) is 1.71. The Kier molecular flexibility index (Phi) is 3.78. The topological polar surface area (TPSA) is 29.1 Å². The highest BCUT2D eigenvalue weighted by Crippen LogP contribution is 2.26. The summed E-state index contributed by atoms with van der Waals surface area (Å²) in [4.78, 5) is 11.3. The van der Waals surface area contributed by atoms with E-state index in [-0.39, 0.29) is 5.91 Å². The molecule has 0 saturated carbocycles. The molecule has 1 unspecified atom stereocenters. The van der Waals surface area contributed by atoms with E-state index in [9.17, 15) is 4.79 Å². The first-order valence-corrected chi connectivity index (χ1v) is 4.99. The summed E-state index contributed by atoms with van der Waals surface area (Å²) >= 11 is 11.8. The van der Waals surface area contributed by atoms with Crippen LogP contribution in [-0.4, -0.2) is 13.0 Å². The van der Waals surface area contributed by atoms with E-state index in [2.05, 4.69) is 5.32 Å². The molecule has 0 aromatic heterocycles. The smallest absolute Gasteiger partial charge is 0.242 e. The predicted octanol–water partition coefficient (Wildman–Crippen LogP) is 2.67. The van der Waals surface area contributed by atoms with Crippen molar-refractivity contribution in [3.63, 3.8) is 0 Å². The lowest BCUT2D eigenvalue weighted by Gasteiger charge is -2.11. The van der Waals surface area contributed by atoms with Crippen molar-refractivity contribution in [2.75, 3.05) is 7.05 Å². The van der Waals surface area contributed by atoms with Crippen LogP contribution in [0.1, 0.15) is 16.5 Å². The first-order valence-electron chi connectivity index (χ1n) is 4.18. The van der Waals surface area contributed by atoms with Crippen LogP contribution in [-0.2, 0) is 4.79 Å². The van der Waals surface area contributed by atoms with E-state index in [0.717, 1.165) is 11.1 Å². The Bertz CT molecular complexity index is 352. The van der Waals surface area contributed by atoms with Gasteiger partial charge in [0.2, 0.25) is 5.91 Å². The second-order valence-corrected chi connectivity index (χ2v) is 3.85. The van der Waals surface area contributed by atoms with E-state index in [0.29, 0.717) is 5.02 Å². The fourth-order valence-electron chi connectivity index (χ4n) is 1.19. The summed E-state index contributed by atoms with van der Waals surface area (Å²) in [7, 11) is 1.56. The van der Waals surface area contributed by atoms with Crippen molar-refractivity contribution in [2.24, 2.45) is 0 Å². The van der Waals surface area contributed by atoms with Crippen molar-refractivity contribution < 1.29 is 4.79 Å². The minimum Gasteiger partial charge on any atom is -0.358 e. The maximum absolute atomic E-state index is 11.3. The molecule has 1 atom stereocenters. The quantitative estimate of drug-likeness (QED) is 0.780. The number of hydrogen-bond donors (Lipinski definition) is 1. The van der Waals surface area contributed by atoms with Gasteiger partial charge in [-0.25, -0.2) is 0 Å². The SMILES string of the molecule is CNC(=O)C(Cl)c1ccc(Cl)cc1C. The van der Waals surface area contributed by atoms with Gasteiger partial charge >= 0.3 is 0 Å². The van der Waals surface area contributed by atoms with Crippen LogP contribution in [0.25, 0.3) is 0 Å². The van der Waals surface area contributed by atoms with Gasteiger partial charge in [-0.15, -0.1) is 11.6 Å². The number of carbonyl (C=O) groups excluding carboxylic acids is 1. The zero-order chi connectivity index (χ0) is 10.7. The highest BCUT2D eigenvalue weighted by molar-refractivity contribution is 6.32. The Hall–Kier alpha value is -0.730. The lowest BCUT2D eigenvalue weighted by Crippen LogP contribution is -2.22. The first kappa shape index (κ1) is 11.3. The van der Waals surface area contributed by atoms with Gasteiger partial charge in [-0.2, -0.15) is 0 Å². The maximum Gasteiger partial charge on any atom is 0.242 e. The molecule has 1 rings (SSSR count). The highest BCUT2D eigenvalue weighted by atomic mass is 35.5. The van der Waals surface area contributed by atoms with Crippen LogP contribution in [0.4, 0.5) is 0 Å². The van der Waals surface area contributed by atoms with Crippen LogP contribution >= 0.6 is 23.2 Å². The summed E-state index contributed by atoms with van der Waals surface area (Å²) in [6.07, 6.45) is 0. The largest absolute Gasteiger partial charge is 0.358 e. The average molecular weight is 232 g/mol. The molecule has 1 amide bonds. The molecule has 0 saturated heterocycles. The molecule has 0 heterocycles. The number of amides is 1. The second kappa shape index (κ2) is 4.67. The van der Waals surface area contributed by atoms with E-state index in [1.807, 2.05) is 6.92 Å². The molecule has 1 aromatic carbocycles. The fraction of sp³-hybridized carbons (Fsp3) is 0.300. The van der Waals surface area contributed by atoms with Gasteiger partial charge in [-0.05, 0) is 30.2 Å². The average Bonchev–Trinajstić information content (AvgIpc) is 2.15. The molecule has 0 spiro atoms. The van der Waals surface area contributed by atoms with Crippen molar-refractivity contribution in [2.45, 2.75) is 12.3 Å². The first-order chi connectivity index (χ1) is 6.56. The minimum atomic E-state index is -0.655. The molecule has 0 aliphatic rings. The number of carbonyl (C=O) groups is 1. The van der Waals surface area contributed by atoms with E-state index < -0.39 is 5.38 Å². The van der Waals surface area contributed by atoms with Gasteiger partial charge in [0.05, 0.1) is 0 Å². The Morgan fingerprint density at radius 1 is 1.50 bits per heavy atom. The molecule has 14 heavy (non-hydrogen) atoms. The highest BCUT2D eigenvalue weighted by Gasteiger charge is 2.17. The fourth-order valence-corrected chi connectivity index (χ4v) is 1.77. The standard InChI is InChI=1S/C10H11Cl2NO/c1-6-5-7(11)3-4-8(6)9(12)10(14)13-2/h3-5,9H,1-2H3,(H,13,14). The zero-order valence-corrected chi connectivity index (χ0v) is 9.49. The molecule has 0 aliphatic heterocycles. The third-order valence-corrected chi connectivity index (χ3v) is 2.65. The molecule has 0 aliphatic carbocycles. The lowest BCUT2D eigenvalue weighted by atomic mass is 10.1. The predicted molar refractivity (Wildman–Crippen MR) is 58.8 cm³/mol. The number of nitrogens with one attached hydrogen (secondary N) is 1. The second-order valence-electron chi connectivity index (χ2n) is 2.98. The lowest BCUT2D eigenvalue weighted by molar-refractivity contribution is -0.120. The third-order valence-electron chi connectivity index (χ3n) is 1.98. The Morgan fingerprint density at radius 2 is 2.14 bits per heavy atom. The number of hydrogen-bond acceptors (Lipinski definition) is 1. The summed E-state index contributed by atoms with van der Waals surface area (Å²) in [6, 6.07) is 5.28. The van der Waals surface area contributed by atoms with Gasteiger partial charge in [0.25, 0.3) is 0 Å². The molecule has 2 nitrogen and oxygen atoms in total. The Labute approximate surface area is 93.2 Å². The van der Waals surface area contributed by atoms with Crippen LogP contribution in [0.5, 0.6) is 0 Å². The molecule has 4 heteroatoms. The van der Waals surface area contributed by atoms with Crippen molar-refractivity contribution in [1.29, 1.82) is 0 Å². The van der Waals surface area contributed by atoms with Gasteiger partial charge < -0.3 is 5.32 Å².